The average molecular weight is 250 g/mol. The molecule has 0 fully saturated rings. The highest BCUT2D eigenvalue weighted by molar-refractivity contribution is 5.24. The molecule has 4 nitrogen and oxygen atoms in total. The maximum Gasteiger partial charge on any atom is 0.274 e. The highest BCUT2D eigenvalue weighted by atomic mass is 16.1. The summed E-state index contributed by atoms with van der Waals surface area (Å²) in [5.74, 6) is 0.450. The van der Waals surface area contributed by atoms with Gasteiger partial charge < -0.3 is 9.13 Å². The molecule has 0 spiro atoms. The monoisotopic (exact) mass is 250 g/mol. The van der Waals surface area contributed by atoms with Crippen molar-refractivity contribution in [2.45, 2.75) is 27.7 Å². The highest BCUT2D eigenvalue weighted by Gasteiger charge is 2.05. The van der Waals surface area contributed by atoms with Gasteiger partial charge in [-0.1, -0.05) is 39.8 Å². The molecule has 18 heavy (non-hydrogen) atoms. The van der Waals surface area contributed by atoms with Crippen LogP contribution in [-0.2, 0) is 14.1 Å². The molecule has 0 saturated heterocycles. The normalized spacial score (nSPS) is 14.0. The molecular weight excluding hydrogens is 228 g/mol. The van der Waals surface area contributed by atoms with Crippen LogP contribution in [0, 0.1) is 11.8 Å². The van der Waals surface area contributed by atoms with Crippen LogP contribution < -0.4 is 21.8 Å². The van der Waals surface area contributed by atoms with Gasteiger partial charge in [0.1, 0.15) is 10.7 Å². The van der Waals surface area contributed by atoms with E-state index in [-0.39, 0.29) is 23.0 Å². The summed E-state index contributed by atoms with van der Waals surface area (Å²) in [4.78, 5) is 24.5. The van der Waals surface area contributed by atoms with Crippen LogP contribution in [0.5, 0.6) is 0 Å². The van der Waals surface area contributed by atoms with Gasteiger partial charge >= 0.3 is 0 Å². The van der Waals surface area contributed by atoms with E-state index in [2.05, 4.69) is 0 Å². The minimum absolute atomic E-state index is 0.127. The van der Waals surface area contributed by atoms with Crippen molar-refractivity contribution in [1.82, 2.24) is 9.13 Å². The third kappa shape index (κ3) is 2.81. The van der Waals surface area contributed by atoms with Gasteiger partial charge in [-0.25, -0.2) is 0 Å². The molecule has 4 heteroatoms. The number of hydrogen-bond acceptors (Lipinski definition) is 2. The first-order chi connectivity index (χ1) is 8.25. The van der Waals surface area contributed by atoms with E-state index in [1.165, 1.54) is 9.13 Å². The highest BCUT2D eigenvalue weighted by Crippen LogP contribution is 1.91. The van der Waals surface area contributed by atoms with E-state index in [0.29, 0.717) is 10.7 Å². The lowest BCUT2D eigenvalue weighted by Crippen LogP contribution is -2.56. The fraction of sp³-hybridized carbons (Fsp3) is 0.571. The van der Waals surface area contributed by atoms with Crippen LogP contribution >= 0.6 is 0 Å². The Morgan fingerprint density at radius 1 is 0.778 bits per heavy atom. The molecule has 1 rings (SSSR count). The molecule has 0 atom stereocenters. The summed E-state index contributed by atoms with van der Waals surface area (Å²) in [5.41, 5.74) is -0.254. The molecule has 0 N–H and O–H groups in total. The van der Waals surface area contributed by atoms with E-state index in [4.69, 9.17) is 0 Å². The maximum absolute atomic E-state index is 12.2. The molecule has 0 bridgehead atoms. The number of rotatable bonds is 2. The summed E-state index contributed by atoms with van der Waals surface area (Å²) >= 11 is 0. The van der Waals surface area contributed by atoms with Crippen molar-refractivity contribution in [3.63, 3.8) is 0 Å². The molecule has 0 radical (unpaired) electrons. The first-order valence-electron chi connectivity index (χ1n) is 6.25. The van der Waals surface area contributed by atoms with Crippen molar-refractivity contribution in [1.29, 1.82) is 0 Å². The zero-order valence-electron chi connectivity index (χ0n) is 12.0. The van der Waals surface area contributed by atoms with Crippen molar-refractivity contribution in [2.24, 2.45) is 25.9 Å². The molecule has 1 aromatic rings. The molecule has 0 aliphatic carbocycles. The molecule has 0 aromatic carbocycles. The smallest absolute Gasteiger partial charge is 0.274 e. The van der Waals surface area contributed by atoms with Gasteiger partial charge in [-0.15, -0.1) is 0 Å². The predicted octanol–water partition coefficient (Wildman–Crippen LogP) is -0.0430. The van der Waals surface area contributed by atoms with E-state index >= 15 is 0 Å². The van der Waals surface area contributed by atoms with Gasteiger partial charge in [-0.3, -0.25) is 9.59 Å². The molecule has 0 aliphatic rings. The summed E-state index contributed by atoms with van der Waals surface area (Å²) in [5, 5.41) is 0.914. The van der Waals surface area contributed by atoms with Crippen LogP contribution in [0.25, 0.3) is 12.2 Å². The Kier molecular flexibility index (Phi) is 4.33. The topological polar surface area (TPSA) is 44.0 Å². The molecule has 100 valence electrons. The summed E-state index contributed by atoms with van der Waals surface area (Å²) in [7, 11) is 3.30. The van der Waals surface area contributed by atoms with Crippen LogP contribution in [0.1, 0.15) is 27.7 Å². The Hall–Kier alpha value is -1.58. The largest absolute Gasteiger partial charge is 0.306 e. The molecule has 0 unspecified atom stereocenters. The average Bonchev–Trinajstić information content (AvgIpc) is 2.27. The minimum Gasteiger partial charge on any atom is -0.306 e. The van der Waals surface area contributed by atoms with Crippen molar-refractivity contribution in [3.05, 3.63) is 31.4 Å². The molecular formula is C14H22N2O2. The van der Waals surface area contributed by atoms with Gasteiger partial charge in [0, 0.05) is 14.1 Å². The molecule has 0 saturated carbocycles. The fourth-order valence-electron chi connectivity index (χ4n) is 1.85. The second kappa shape index (κ2) is 5.38. The lowest BCUT2D eigenvalue weighted by atomic mass is 10.2. The SMILES string of the molecule is CC(C)/C=c1/c(=O)n(C)/c(=C/C(C)C)c(=O)n1C. The minimum atomic E-state index is -0.127. The number of nitrogens with zero attached hydrogens (tertiary/aromatic N) is 2. The standard InChI is InChI=1S/C14H22N2O2/c1-9(2)7-11-13(17)16(6)12(8-10(3)4)14(18)15(11)5/h7-10H,1-6H3/b11-7-,12-8+. The van der Waals surface area contributed by atoms with Crippen molar-refractivity contribution in [2.75, 3.05) is 0 Å². The Morgan fingerprint density at radius 3 is 1.28 bits per heavy atom. The third-order valence-electron chi connectivity index (χ3n) is 2.75. The van der Waals surface area contributed by atoms with Crippen LogP contribution in [0.3, 0.4) is 0 Å². The Bertz CT molecular complexity index is 601. The van der Waals surface area contributed by atoms with Crippen molar-refractivity contribution >= 4 is 12.2 Å². The van der Waals surface area contributed by atoms with Gasteiger partial charge in [-0.2, -0.15) is 0 Å². The number of aromatic nitrogens is 2. The third-order valence-corrected chi connectivity index (χ3v) is 2.75. The van der Waals surface area contributed by atoms with E-state index in [0.717, 1.165) is 0 Å². The summed E-state index contributed by atoms with van der Waals surface area (Å²) < 4.78 is 2.88. The van der Waals surface area contributed by atoms with Gasteiger partial charge in [0.25, 0.3) is 11.1 Å². The van der Waals surface area contributed by atoms with Gasteiger partial charge in [0.15, 0.2) is 0 Å². The summed E-state index contributed by atoms with van der Waals surface area (Å²) in [6.45, 7) is 7.94. The first-order valence-corrected chi connectivity index (χ1v) is 6.25. The summed E-state index contributed by atoms with van der Waals surface area (Å²) in [6, 6.07) is 0. The zero-order valence-corrected chi connectivity index (χ0v) is 12.0. The quantitative estimate of drug-likeness (QED) is 0.739. The second-order valence-electron chi connectivity index (χ2n) is 5.32. The van der Waals surface area contributed by atoms with Gasteiger partial charge in [0.05, 0.1) is 0 Å². The molecule has 0 amide bonds. The van der Waals surface area contributed by atoms with E-state index in [1.54, 1.807) is 14.1 Å². The van der Waals surface area contributed by atoms with E-state index < -0.39 is 0 Å². The first kappa shape index (κ1) is 14.5. The molecule has 0 aliphatic heterocycles. The molecule has 1 aromatic heterocycles. The zero-order chi connectivity index (χ0) is 14.0. The fourth-order valence-corrected chi connectivity index (χ4v) is 1.85. The second-order valence-corrected chi connectivity index (χ2v) is 5.32. The van der Waals surface area contributed by atoms with Gasteiger partial charge in [0.2, 0.25) is 0 Å². The Morgan fingerprint density at radius 2 is 1.06 bits per heavy atom. The van der Waals surface area contributed by atoms with Crippen LogP contribution in [0.15, 0.2) is 9.59 Å². The number of hydrogen-bond donors (Lipinski definition) is 0. The van der Waals surface area contributed by atoms with Gasteiger partial charge in [-0.05, 0) is 11.8 Å². The molecule has 1 heterocycles. The van der Waals surface area contributed by atoms with Crippen LogP contribution in [-0.4, -0.2) is 9.13 Å². The lowest BCUT2D eigenvalue weighted by molar-refractivity contribution is 0.683. The Balaban J connectivity index is 3.91. The lowest BCUT2D eigenvalue weighted by Gasteiger charge is -2.06. The van der Waals surface area contributed by atoms with Crippen molar-refractivity contribution in [3.8, 4) is 0 Å². The maximum atomic E-state index is 12.2. The van der Waals surface area contributed by atoms with Crippen molar-refractivity contribution < 1.29 is 0 Å². The van der Waals surface area contributed by atoms with Crippen LogP contribution in [0.2, 0.25) is 0 Å². The predicted molar refractivity (Wildman–Crippen MR) is 74.8 cm³/mol. The van der Waals surface area contributed by atoms with E-state index in [1.807, 2.05) is 39.8 Å². The Labute approximate surface area is 107 Å². The van der Waals surface area contributed by atoms with Crippen LogP contribution in [0.4, 0.5) is 0 Å². The van der Waals surface area contributed by atoms with E-state index in [9.17, 15) is 9.59 Å². The summed E-state index contributed by atoms with van der Waals surface area (Å²) in [6.07, 6.45) is 3.64.